The Balaban J connectivity index is 0.000000589. The molecule has 166 valence electrons. The van der Waals surface area contributed by atoms with Gasteiger partial charge in [-0.25, -0.2) is 4.79 Å². The van der Waals surface area contributed by atoms with Gasteiger partial charge in [0.05, 0.1) is 6.10 Å². The highest BCUT2D eigenvalue weighted by Gasteiger charge is 2.67. The Bertz CT molecular complexity index is 816. The number of Topliss-reactive ketones (excluding diaryl/α,β-unsaturated/α-hetero) is 1. The molecule has 8 heteroatoms. The average molecular weight is 421 g/mol. The molecule has 0 saturated heterocycles. The second-order valence-electron chi connectivity index (χ2n) is 9.53. The lowest BCUT2D eigenvalue weighted by molar-refractivity contribution is -0.178. The van der Waals surface area contributed by atoms with Crippen molar-refractivity contribution in [3.63, 3.8) is 0 Å². The number of hydrogen-bond donors (Lipinski definition) is 5. The number of nitrogens with two attached hydrogens (primary N) is 1. The monoisotopic (exact) mass is 421 g/mol. The van der Waals surface area contributed by atoms with Gasteiger partial charge in [-0.3, -0.25) is 9.59 Å². The van der Waals surface area contributed by atoms with Crippen molar-refractivity contribution in [1.29, 1.82) is 0 Å². The standard InChI is InChI=1S/C21H28O5.CH3NO2/c1-19-7-5-13(23)9-12(19)3-4-14-15-6-8-21(26,17(25)11-22)20(15,2)10-16(24)18(14)19;2-1(3)4/h5,7,9,14-16,18,22,24,26H,3-4,6,8,10-11H2,1-2H3;2H2,(H,3,4)/t14-,15-,16-,18+,19-,20-,21-;/m0./s1. The Labute approximate surface area is 175 Å². The Hall–Kier alpha value is -2.03. The van der Waals surface area contributed by atoms with Crippen LogP contribution in [0.3, 0.4) is 0 Å². The SMILES string of the molecule is C[C@]12C=CC(=O)C=C1CC[C@@H]1[C@@H]2[C@@H](O)C[C@@]2(C)[C@H]1CC[C@]2(O)C(=O)CO.NC(=O)O. The van der Waals surface area contributed by atoms with E-state index in [-0.39, 0.29) is 29.0 Å². The summed E-state index contributed by atoms with van der Waals surface area (Å²) in [6, 6.07) is 0. The Morgan fingerprint density at radius 3 is 2.50 bits per heavy atom. The molecule has 6 N–H and O–H groups in total. The molecule has 7 atom stereocenters. The predicted octanol–water partition coefficient (Wildman–Crippen LogP) is 1.18. The van der Waals surface area contributed by atoms with Gasteiger partial charge in [-0.2, -0.15) is 0 Å². The first-order chi connectivity index (χ1) is 13.9. The van der Waals surface area contributed by atoms with Crippen LogP contribution < -0.4 is 5.73 Å². The molecule has 0 aliphatic heterocycles. The van der Waals surface area contributed by atoms with Gasteiger partial charge in [0.2, 0.25) is 0 Å². The fraction of sp³-hybridized carbons (Fsp3) is 0.682. The van der Waals surface area contributed by atoms with E-state index in [9.17, 15) is 24.9 Å². The minimum absolute atomic E-state index is 0.00912. The van der Waals surface area contributed by atoms with E-state index in [0.717, 1.165) is 24.8 Å². The number of aliphatic hydroxyl groups excluding tert-OH is 2. The number of carboxylic acid groups (broad SMARTS) is 1. The molecular weight excluding hydrogens is 390 g/mol. The summed E-state index contributed by atoms with van der Waals surface area (Å²) in [4.78, 5) is 32.9. The summed E-state index contributed by atoms with van der Waals surface area (Å²) in [5, 5.41) is 38.9. The molecule has 0 aromatic heterocycles. The molecule has 0 bridgehead atoms. The van der Waals surface area contributed by atoms with E-state index in [1.165, 1.54) is 0 Å². The third kappa shape index (κ3) is 3.21. The minimum atomic E-state index is -1.56. The highest BCUT2D eigenvalue weighted by atomic mass is 16.4. The smallest absolute Gasteiger partial charge is 0.402 e. The Morgan fingerprint density at radius 2 is 1.90 bits per heavy atom. The van der Waals surface area contributed by atoms with Crippen LogP contribution in [0.2, 0.25) is 0 Å². The fourth-order valence-electron chi connectivity index (χ4n) is 6.92. The van der Waals surface area contributed by atoms with Crippen LogP contribution in [0.15, 0.2) is 23.8 Å². The zero-order valence-corrected chi connectivity index (χ0v) is 17.4. The molecule has 0 heterocycles. The van der Waals surface area contributed by atoms with Crippen molar-refractivity contribution in [2.24, 2.45) is 34.3 Å². The first-order valence-electron chi connectivity index (χ1n) is 10.4. The van der Waals surface area contributed by atoms with Crippen molar-refractivity contribution in [1.82, 2.24) is 0 Å². The maximum Gasteiger partial charge on any atom is 0.402 e. The van der Waals surface area contributed by atoms with Gasteiger partial charge < -0.3 is 26.2 Å². The van der Waals surface area contributed by atoms with Gasteiger partial charge in [-0.05, 0) is 56.1 Å². The van der Waals surface area contributed by atoms with Crippen molar-refractivity contribution >= 4 is 17.7 Å². The summed E-state index contributed by atoms with van der Waals surface area (Å²) < 4.78 is 0. The number of fused-ring (bicyclic) bond motifs is 5. The maximum absolute atomic E-state index is 12.4. The van der Waals surface area contributed by atoms with E-state index in [1.54, 1.807) is 12.2 Å². The highest BCUT2D eigenvalue weighted by Crippen LogP contribution is 2.67. The van der Waals surface area contributed by atoms with Crippen LogP contribution >= 0.6 is 0 Å². The second kappa shape index (κ2) is 7.59. The van der Waals surface area contributed by atoms with Crippen LogP contribution in [0.4, 0.5) is 4.79 Å². The van der Waals surface area contributed by atoms with E-state index in [4.69, 9.17) is 9.90 Å². The molecule has 0 radical (unpaired) electrons. The van der Waals surface area contributed by atoms with E-state index in [0.29, 0.717) is 12.8 Å². The predicted molar refractivity (Wildman–Crippen MR) is 107 cm³/mol. The number of primary amides is 1. The maximum atomic E-state index is 12.4. The van der Waals surface area contributed by atoms with Gasteiger partial charge in [0.25, 0.3) is 0 Å². The van der Waals surface area contributed by atoms with E-state index < -0.39 is 35.6 Å². The Morgan fingerprint density at radius 1 is 1.27 bits per heavy atom. The number of carbonyl (C=O) groups excluding carboxylic acids is 2. The van der Waals surface area contributed by atoms with Gasteiger partial charge in [-0.15, -0.1) is 0 Å². The van der Waals surface area contributed by atoms with Crippen LogP contribution in [0.1, 0.15) is 46.0 Å². The second-order valence-corrected chi connectivity index (χ2v) is 9.53. The molecule has 4 aliphatic carbocycles. The summed E-state index contributed by atoms with van der Waals surface area (Å²) in [5.74, 6) is -0.227. The molecule has 3 saturated carbocycles. The van der Waals surface area contributed by atoms with Gasteiger partial charge in [0.1, 0.15) is 12.2 Å². The molecule has 0 unspecified atom stereocenters. The Kier molecular flexibility index (Phi) is 5.73. The lowest BCUT2D eigenvalue weighted by atomic mass is 9.46. The van der Waals surface area contributed by atoms with Gasteiger partial charge in [0.15, 0.2) is 11.6 Å². The van der Waals surface area contributed by atoms with E-state index in [2.05, 4.69) is 12.7 Å². The van der Waals surface area contributed by atoms with Crippen molar-refractivity contribution in [2.75, 3.05) is 6.61 Å². The lowest BCUT2D eigenvalue weighted by Crippen LogP contribution is -2.61. The normalized spacial score (nSPS) is 44.0. The number of amides is 1. The molecule has 4 rings (SSSR count). The summed E-state index contributed by atoms with van der Waals surface area (Å²) in [6.07, 6.45) is 6.35. The first kappa shape index (κ1) is 22.7. The van der Waals surface area contributed by atoms with Crippen molar-refractivity contribution in [3.05, 3.63) is 23.8 Å². The molecule has 3 fully saturated rings. The third-order valence-corrected chi connectivity index (χ3v) is 8.25. The van der Waals surface area contributed by atoms with Crippen LogP contribution in [-0.2, 0) is 9.59 Å². The van der Waals surface area contributed by atoms with Gasteiger partial charge >= 0.3 is 6.09 Å². The largest absolute Gasteiger partial charge is 0.465 e. The average Bonchev–Trinajstić information content (AvgIpc) is 2.92. The number of hydrogen-bond acceptors (Lipinski definition) is 6. The molecule has 4 aliphatic rings. The van der Waals surface area contributed by atoms with Gasteiger partial charge in [0, 0.05) is 16.7 Å². The van der Waals surface area contributed by atoms with Crippen molar-refractivity contribution in [3.8, 4) is 0 Å². The van der Waals surface area contributed by atoms with E-state index in [1.807, 2.05) is 13.0 Å². The quantitative estimate of drug-likeness (QED) is 0.448. The molecule has 1 amide bonds. The zero-order chi connectivity index (χ0) is 22.5. The summed E-state index contributed by atoms with van der Waals surface area (Å²) in [7, 11) is 0. The number of ketones is 2. The first-order valence-corrected chi connectivity index (χ1v) is 10.4. The number of carbonyl (C=O) groups is 3. The summed E-state index contributed by atoms with van der Waals surface area (Å²) in [6.45, 7) is 3.34. The summed E-state index contributed by atoms with van der Waals surface area (Å²) in [5.41, 5.74) is 2.49. The van der Waals surface area contributed by atoms with Crippen LogP contribution in [-0.4, -0.2) is 56.4 Å². The highest BCUT2D eigenvalue weighted by molar-refractivity contribution is 6.01. The number of rotatable bonds is 2. The van der Waals surface area contributed by atoms with Gasteiger partial charge in [-0.1, -0.05) is 25.5 Å². The molecule has 0 spiro atoms. The molecule has 0 aromatic carbocycles. The number of allylic oxidation sites excluding steroid dienone is 4. The topological polar surface area (TPSA) is 158 Å². The lowest BCUT2D eigenvalue weighted by Gasteiger charge is -2.59. The zero-order valence-electron chi connectivity index (χ0n) is 17.4. The molecule has 30 heavy (non-hydrogen) atoms. The third-order valence-electron chi connectivity index (χ3n) is 8.25. The van der Waals surface area contributed by atoms with Crippen LogP contribution in [0, 0.1) is 28.6 Å². The minimum Gasteiger partial charge on any atom is -0.465 e. The van der Waals surface area contributed by atoms with Crippen LogP contribution in [0.5, 0.6) is 0 Å². The van der Waals surface area contributed by atoms with Crippen molar-refractivity contribution < 1.29 is 34.8 Å². The fourth-order valence-corrected chi connectivity index (χ4v) is 6.92. The molecular formula is C22H31NO7. The summed E-state index contributed by atoms with van der Waals surface area (Å²) >= 11 is 0. The molecule has 8 nitrogen and oxygen atoms in total. The van der Waals surface area contributed by atoms with Crippen LogP contribution in [0.25, 0.3) is 0 Å². The number of aliphatic hydroxyl groups is 3. The van der Waals surface area contributed by atoms with Crippen molar-refractivity contribution in [2.45, 2.75) is 57.7 Å². The molecule has 0 aromatic rings. The van der Waals surface area contributed by atoms with E-state index >= 15 is 0 Å².